The average Bonchev–Trinajstić information content (AvgIpc) is 3.18. The molecule has 0 atom stereocenters. The van der Waals surface area contributed by atoms with Crippen LogP contribution in [0.15, 0.2) is 42.9 Å². The second-order valence-electron chi connectivity index (χ2n) is 6.34. The van der Waals surface area contributed by atoms with Crippen LogP contribution in [0.5, 0.6) is 5.75 Å². The van der Waals surface area contributed by atoms with Crippen LogP contribution in [0.25, 0.3) is 16.9 Å². The summed E-state index contributed by atoms with van der Waals surface area (Å²) in [4.78, 5) is 13.8. The first-order valence-corrected chi connectivity index (χ1v) is 8.85. The summed E-state index contributed by atoms with van der Waals surface area (Å²) in [6.45, 7) is 4.53. The number of fused-ring (bicyclic) bond motifs is 1. The van der Waals surface area contributed by atoms with E-state index in [-0.39, 0.29) is 6.61 Å². The first kappa shape index (κ1) is 16.8. The Morgan fingerprint density at radius 1 is 1.12 bits per heavy atom. The molecule has 7 nitrogen and oxygen atoms in total. The van der Waals surface area contributed by atoms with Crippen LogP contribution in [0.3, 0.4) is 0 Å². The number of benzene rings is 1. The molecule has 1 aromatic carbocycles. The Hall–Kier alpha value is -2.64. The van der Waals surface area contributed by atoms with Crippen molar-refractivity contribution >= 4 is 11.5 Å². The minimum atomic E-state index is 0.205. The molecule has 4 rings (SSSR count). The molecule has 3 aromatic rings. The van der Waals surface area contributed by atoms with E-state index in [1.165, 1.54) is 0 Å². The van der Waals surface area contributed by atoms with Crippen molar-refractivity contribution in [2.75, 3.05) is 51.3 Å². The van der Waals surface area contributed by atoms with Gasteiger partial charge in [-0.1, -0.05) is 12.1 Å². The lowest BCUT2D eigenvalue weighted by atomic mass is 10.1. The Labute approximate surface area is 152 Å². The number of nitrogens with zero attached hydrogens (tertiary/aromatic N) is 5. The third kappa shape index (κ3) is 3.00. The summed E-state index contributed by atoms with van der Waals surface area (Å²) in [6, 6.07) is 7.94. The molecule has 1 fully saturated rings. The monoisotopic (exact) mass is 353 g/mol. The quantitative estimate of drug-likeness (QED) is 0.750. The maximum absolute atomic E-state index is 9.11. The predicted octanol–water partition coefficient (Wildman–Crippen LogP) is 1.52. The fourth-order valence-electron chi connectivity index (χ4n) is 3.51. The highest BCUT2D eigenvalue weighted by atomic mass is 16.5. The van der Waals surface area contributed by atoms with E-state index in [1.54, 1.807) is 13.3 Å². The van der Waals surface area contributed by atoms with E-state index >= 15 is 0 Å². The molecule has 2 aromatic heterocycles. The molecule has 0 amide bonds. The van der Waals surface area contributed by atoms with Gasteiger partial charge in [0.2, 0.25) is 0 Å². The molecule has 136 valence electrons. The largest absolute Gasteiger partial charge is 0.496 e. The van der Waals surface area contributed by atoms with Gasteiger partial charge in [-0.25, -0.2) is 9.97 Å². The third-order valence-corrected chi connectivity index (χ3v) is 4.88. The van der Waals surface area contributed by atoms with Crippen molar-refractivity contribution in [3.63, 3.8) is 0 Å². The van der Waals surface area contributed by atoms with Crippen LogP contribution in [0.2, 0.25) is 0 Å². The van der Waals surface area contributed by atoms with Crippen molar-refractivity contribution in [3.8, 4) is 17.0 Å². The number of aliphatic hydroxyl groups excluding tert-OH is 1. The standard InChI is InChI=1S/C19H23N5O2/c1-26-17-5-3-2-4-15(17)16-14-21-18(19-20-6-7-24(16)19)23-10-8-22(9-11-23)12-13-25/h2-7,14,25H,8-13H2,1H3. The van der Waals surface area contributed by atoms with Gasteiger partial charge in [0, 0.05) is 50.7 Å². The van der Waals surface area contributed by atoms with Gasteiger partial charge in [-0.05, 0) is 12.1 Å². The summed E-state index contributed by atoms with van der Waals surface area (Å²) in [7, 11) is 1.68. The molecule has 7 heteroatoms. The molecular weight excluding hydrogens is 330 g/mol. The van der Waals surface area contributed by atoms with Crippen LogP contribution in [0.1, 0.15) is 0 Å². The summed E-state index contributed by atoms with van der Waals surface area (Å²) < 4.78 is 7.58. The molecule has 0 spiro atoms. The average molecular weight is 353 g/mol. The van der Waals surface area contributed by atoms with E-state index in [1.807, 2.05) is 36.7 Å². The molecule has 0 saturated carbocycles. The van der Waals surface area contributed by atoms with Gasteiger partial charge in [0.05, 0.1) is 25.6 Å². The predicted molar refractivity (Wildman–Crippen MR) is 101 cm³/mol. The number of aliphatic hydroxyl groups is 1. The SMILES string of the molecule is COc1ccccc1-c1cnc(N2CCN(CCO)CC2)c2nccn12. The number of rotatable bonds is 5. The van der Waals surface area contributed by atoms with Crippen molar-refractivity contribution in [1.29, 1.82) is 0 Å². The normalized spacial score (nSPS) is 15.5. The van der Waals surface area contributed by atoms with Gasteiger partial charge < -0.3 is 14.7 Å². The van der Waals surface area contributed by atoms with E-state index in [0.717, 1.165) is 61.2 Å². The van der Waals surface area contributed by atoms with Gasteiger partial charge in [-0.2, -0.15) is 0 Å². The smallest absolute Gasteiger partial charge is 0.180 e. The number of ether oxygens (including phenoxy) is 1. The maximum Gasteiger partial charge on any atom is 0.180 e. The number of piperazine rings is 1. The zero-order valence-electron chi connectivity index (χ0n) is 14.9. The van der Waals surface area contributed by atoms with Gasteiger partial charge in [0.15, 0.2) is 11.5 Å². The first-order valence-electron chi connectivity index (χ1n) is 8.85. The second kappa shape index (κ2) is 7.31. The third-order valence-electron chi connectivity index (χ3n) is 4.88. The number of hydrogen-bond donors (Lipinski definition) is 1. The first-order chi connectivity index (χ1) is 12.8. The number of hydrogen-bond acceptors (Lipinski definition) is 6. The molecule has 0 radical (unpaired) electrons. The Kier molecular flexibility index (Phi) is 4.73. The van der Waals surface area contributed by atoms with Crippen molar-refractivity contribution in [1.82, 2.24) is 19.3 Å². The van der Waals surface area contributed by atoms with Crippen molar-refractivity contribution < 1.29 is 9.84 Å². The molecule has 1 aliphatic heterocycles. The van der Waals surface area contributed by atoms with Crippen LogP contribution in [-0.4, -0.2) is 70.8 Å². The van der Waals surface area contributed by atoms with Crippen molar-refractivity contribution in [2.24, 2.45) is 0 Å². The van der Waals surface area contributed by atoms with E-state index in [9.17, 15) is 0 Å². The molecule has 0 aliphatic carbocycles. The van der Waals surface area contributed by atoms with Crippen molar-refractivity contribution in [3.05, 3.63) is 42.9 Å². The lowest BCUT2D eigenvalue weighted by Crippen LogP contribution is -2.47. The van der Waals surface area contributed by atoms with Crippen LogP contribution < -0.4 is 9.64 Å². The molecule has 26 heavy (non-hydrogen) atoms. The molecule has 1 N–H and O–H groups in total. The molecular formula is C19H23N5O2. The van der Waals surface area contributed by atoms with E-state index < -0.39 is 0 Å². The van der Waals surface area contributed by atoms with Crippen LogP contribution in [-0.2, 0) is 0 Å². The van der Waals surface area contributed by atoms with Gasteiger partial charge in [0.1, 0.15) is 5.75 Å². The highest BCUT2D eigenvalue weighted by Crippen LogP contribution is 2.31. The van der Waals surface area contributed by atoms with Gasteiger partial charge >= 0.3 is 0 Å². The van der Waals surface area contributed by atoms with Crippen molar-refractivity contribution in [2.45, 2.75) is 0 Å². The number of para-hydroxylation sites is 1. The van der Waals surface area contributed by atoms with Gasteiger partial charge in [-0.15, -0.1) is 0 Å². The van der Waals surface area contributed by atoms with E-state index in [0.29, 0.717) is 0 Å². The lowest BCUT2D eigenvalue weighted by Gasteiger charge is -2.35. The summed E-state index contributed by atoms with van der Waals surface area (Å²) in [6.07, 6.45) is 5.66. The zero-order chi connectivity index (χ0) is 17.9. The Morgan fingerprint density at radius 2 is 1.92 bits per heavy atom. The zero-order valence-corrected chi connectivity index (χ0v) is 14.9. The maximum atomic E-state index is 9.11. The number of anilines is 1. The minimum absolute atomic E-state index is 0.205. The van der Waals surface area contributed by atoms with Gasteiger partial charge in [0.25, 0.3) is 0 Å². The Bertz CT molecular complexity index is 887. The van der Waals surface area contributed by atoms with Crippen LogP contribution in [0.4, 0.5) is 5.82 Å². The topological polar surface area (TPSA) is 66.1 Å². The van der Waals surface area contributed by atoms with E-state index in [4.69, 9.17) is 14.8 Å². The molecule has 1 aliphatic rings. The van der Waals surface area contributed by atoms with Crippen LogP contribution >= 0.6 is 0 Å². The molecule has 1 saturated heterocycles. The number of methoxy groups -OCH3 is 1. The van der Waals surface area contributed by atoms with Gasteiger partial charge in [-0.3, -0.25) is 9.30 Å². The Morgan fingerprint density at radius 3 is 2.69 bits per heavy atom. The number of β-amino-alcohol motifs (C(OH)–C–C–N with tert-alkyl or cyclic N) is 1. The Balaban J connectivity index is 1.69. The second-order valence-corrected chi connectivity index (χ2v) is 6.34. The van der Waals surface area contributed by atoms with E-state index in [2.05, 4.69) is 19.2 Å². The summed E-state index contributed by atoms with van der Waals surface area (Å²) in [5.41, 5.74) is 2.80. The highest BCUT2D eigenvalue weighted by Gasteiger charge is 2.21. The fourth-order valence-corrected chi connectivity index (χ4v) is 3.51. The molecule has 0 bridgehead atoms. The lowest BCUT2D eigenvalue weighted by molar-refractivity contribution is 0.188. The minimum Gasteiger partial charge on any atom is -0.496 e. The highest BCUT2D eigenvalue weighted by molar-refractivity contribution is 5.74. The molecule has 3 heterocycles. The molecule has 0 unspecified atom stereocenters. The summed E-state index contributed by atoms with van der Waals surface area (Å²) >= 11 is 0. The summed E-state index contributed by atoms with van der Waals surface area (Å²) in [5.74, 6) is 1.71. The summed E-state index contributed by atoms with van der Waals surface area (Å²) in [5, 5.41) is 9.11. The fraction of sp³-hybridized carbons (Fsp3) is 0.368. The number of imidazole rings is 1. The van der Waals surface area contributed by atoms with Crippen LogP contribution in [0, 0.1) is 0 Å². The number of aromatic nitrogens is 3.